The zero-order valence-electron chi connectivity index (χ0n) is 10.9. The van der Waals surface area contributed by atoms with Gasteiger partial charge in [-0.2, -0.15) is 0 Å². The number of hydrogen-bond donors (Lipinski definition) is 2. The van der Waals surface area contributed by atoms with Gasteiger partial charge in [-0.3, -0.25) is 0 Å². The lowest BCUT2D eigenvalue weighted by Crippen LogP contribution is -2.39. The van der Waals surface area contributed by atoms with Gasteiger partial charge < -0.3 is 15.5 Å². The maximum Gasteiger partial charge on any atom is 0.317 e. The molecule has 1 aliphatic rings. The number of nitrogens with one attached hydrogen (secondary N) is 2. The maximum absolute atomic E-state index is 11.8. The second kappa shape index (κ2) is 6.28. The van der Waals surface area contributed by atoms with Gasteiger partial charge in [-0.05, 0) is 25.0 Å². The van der Waals surface area contributed by atoms with Gasteiger partial charge >= 0.3 is 6.03 Å². The quantitative estimate of drug-likeness (QED) is 0.857. The maximum atomic E-state index is 11.8. The van der Waals surface area contributed by atoms with Crippen molar-refractivity contribution in [1.29, 1.82) is 0 Å². The molecule has 0 aromatic heterocycles. The molecule has 98 valence electrons. The monoisotopic (exact) mass is 247 g/mol. The first-order valence-electron chi connectivity index (χ1n) is 6.64. The highest BCUT2D eigenvalue weighted by molar-refractivity contribution is 5.74. The lowest BCUT2D eigenvalue weighted by molar-refractivity contribution is 0.208. The summed E-state index contributed by atoms with van der Waals surface area (Å²) in [6.07, 6.45) is 1.99. The molecule has 0 radical (unpaired) electrons. The lowest BCUT2D eigenvalue weighted by Gasteiger charge is -2.18. The van der Waals surface area contributed by atoms with Gasteiger partial charge in [-0.1, -0.05) is 25.1 Å². The van der Waals surface area contributed by atoms with Crippen LogP contribution in [0, 0.1) is 0 Å². The van der Waals surface area contributed by atoms with Crippen LogP contribution in [0.1, 0.15) is 19.8 Å². The molecule has 1 unspecified atom stereocenters. The average molecular weight is 247 g/mol. The highest BCUT2D eigenvalue weighted by atomic mass is 16.2. The molecule has 1 fully saturated rings. The molecule has 0 aliphatic carbocycles. The van der Waals surface area contributed by atoms with E-state index < -0.39 is 0 Å². The van der Waals surface area contributed by atoms with Crippen LogP contribution in [-0.2, 0) is 0 Å². The highest BCUT2D eigenvalue weighted by Crippen LogP contribution is 2.15. The topological polar surface area (TPSA) is 44.4 Å². The number of urea groups is 1. The summed E-state index contributed by atoms with van der Waals surface area (Å²) in [5.41, 5.74) is 1.12. The molecule has 1 saturated heterocycles. The van der Waals surface area contributed by atoms with Crippen LogP contribution in [0.4, 0.5) is 10.5 Å². The van der Waals surface area contributed by atoms with E-state index in [4.69, 9.17) is 0 Å². The van der Waals surface area contributed by atoms with Gasteiger partial charge in [0.2, 0.25) is 0 Å². The van der Waals surface area contributed by atoms with Crippen molar-refractivity contribution in [3.8, 4) is 0 Å². The summed E-state index contributed by atoms with van der Waals surface area (Å²) in [4.78, 5) is 13.7. The summed E-state index contributed by atoms with van der Waals surface area (Å²) in [6.45, 7) is 4.43. The van der Waals surface area contributed by atoms with Crippen molar-refractivity contribution >= 4 is 11.7 Å². The van der Waals surface area contributed by atoms with Gasteiger partial charge in [-0.25, -0.2) is 4.79 Å². The van der Waals surface area contributed by atoms with E-state index in [2.05, 4.69) is 29.7 Å². The van der Waals surface area contributed by atoms with E-state index in [9.17, 15) is 4.79 Å². The van der Waals surface area contributed by atoms with Crippen LogP contribution in [0.2, 0.25) is 0 Å². The summed E-state index contributed by atoms with van der Waals surface area (Å²) in [5.74, 6) is 0. The molecule has 0 saturated carbocycles. The molecule has 4 heteroatoms. The van der Waals surface area contributed by atoms with Crippen molar-refractivity contribution in [1.82, 2.24) is 10.2 Å². The minimum atomic E-state index is 0.0641. The molecule has 1 atom stereocenters. The Morgan fingerprint density at radius 1 is 1.39 bits per heavy atom. The zero-order chi connectivity index (χ0) is 12.8. The second-order valence-corrected chi connectivity index (χ2v) is 4.67. The van der Waals surface area contributed by atoms with E-state index in [0.717, 1.165) is 38.2 Å². The zero-order valence-corrected chi connectivity index (χ0v) is 10.9. The highest BCUT2D eigenvalue weighted by Gasteiger charge is 2.25. The van der Waals surface area contributed by atoms with Gasteiger partial charge in [-0.15, -0.1) is 0 Å². The Hall–Kier alpha value is -1.71. The summed E-state index contributed by atoms with van der Waals surface area (Å²) in [6, 6.07) is 10.6. The Morgan fingerprint density at radius 2 is 2.17 bits per heavy atom. The predicted octanol–water partition coefficient (Wildman–Crippen LogP) is 2.29. The molecule has 0 spiro atoms. The minimum absolute atomic E-state index is 0.0641. The fourth-order valence-corrected chi connectivity index (χ4v) is 2.18. The number of anilines is 1. The predicted molar refractivity (Wildman–Crippen MR) is 73.7 cm³/mol. The Kier molecular flexibility index (Phi) is 4.45. The Balaban J connectivity index is 1.80. The van der Waals surface area contributed by atoms with Crippen LogP contribution in [0.25, 0.3) is 0 Å². The fourth-order valence-electron chi connectivity index (χ4n) is 2.18. The van der Waals surface area contributed by atoms with E-state index in [0.29, 0.717) is 6.04 Å². The number of nitrogens with zero attached hydrogens (tertiary/aromatic N) is 1. The molecule has 0 bridgehead atoms. The number of likely N-dealkylation sites (tertiary alicyclic amines) is 1. The van der Waals surface area contributed by atoms with Crippen LogP contribution in [0.5, 0.6) is 0 Å². The van der Waals surface area contributed by atoms with E-state index in [1.807, 2.05) is 23.1 Å². The molecule has 1 heterocycles. The molecule has 2 rings (SSSR count). The smallest absolute Gasteiger partial charge is 0.317 e. The van der Waals surface area contributed by atoms with Crippen molar-refractivity contribution in [3.63, 3.8) is 0 Å². The first kappa shape index (κ1) is 12.7. The third-order valence-electron chi connectivity index (χ3n) is 3.15. The van der Waals surface area contributed by atoms with Crippen LogP contribution < -0.4 is 10.6 Å². The number of para-hydroxylation sites is 1. The molecular weight excluding hydrogens is 226 g/mol. The first-order chi connectivity index (χ1) is 8.79. The van der Waals surface area contributed by atoms with E-state index in [1.54, 1.807) is 0 Å². The third kappa shape index (κ3) is 3.39. The number of amides is 2. The van der Waals surface area contributed by atoms with Crippen molar-refractivity contribution < 1.29 is 4.79 Å². The lowest BCUT2D eigenvalue weighted by atomic mass is 10.2. The fraction of sp³-hybridized carbons (Fsp3) is 0.500. The summed E-state index contributed by atoms with van der Waals surface area (Å²) in [5, 5.41) is 6.38. The SMILES string of the molecule is CCCNC(=O)N1CCC(Nc2ccccc2)C1. The van der Waals surface area contributed by atoms with Gasteiger partial charge in [0.1, 0.15) is 0 Å². The second-order valence-electron chi connectivity index (χ2n) is 4.67. The van der Waals surface area contributed by atoms with E-state index in [1.165, 1.54) is 0 Å². The van der Waals surface area contributed by atoms with Crippen LogP contribution in [0.3, 0.4) is 0 Å². The van der Waals surface area contributed by atoms with Crippen LogP contribution in [0.15, 0.2) is 30.3 Å². The largest absolute Gasteiger partial charge is 0.380 e. The molecule has 18 heavy (non-hydrogen) atoms. The third-order valence-corrected chi connectivity index (χ3v) is 3.15. The molecule has 1 aliphatic heterocycles. The van der Waals surface area contributed by atoms with Crippen molar-refractivity contribution in [2.75, 3.05) is 25.0 Å². The van der Waals surface area contributed by atoms with Crippen molar-refractivity contribution in [2.24, 2.45) is 0 Å². The van der Waals surface area contributed by atoms with Crippen molar-refractivity contribution in [2.45, 2.75) is 25.8 Å². The normalized spacial score (nSPS) is 18.7. The van der Waals surface area contributed by atoms with Crippen LogP contribution >= 0.6 is 0 Å². The molecule has 1 aromatic carbocycles. The number of hydrogen-bond acceptors (Lipinski definition) is 2. The number of carbonyl (C=O) groups excluding carboxylic acids is 1. The van der Waals surface area contributed by atoms with Gasteiger partial charge in [0, 0.05) is 31.4 Å². The summed E-state index contributed by atoms with van der Waals surface area (Å²) < 4.78 is 0. The summed E-state index contributed by atoms with van der Waals surface area (Å²) >= 11 is 0. The molecular formula is C14H21N3O. The van der Waals surface area contributed by atoms with Crippen molar-refractivity contribution in [3.05, 3.63) is 30.3 Å². The Bertz CT molecular complexity index is 380. The molecule has 2 amide bonds. The standard InChI is InChI=1S/C14H21N3O/c1-2-9-15-14(18)17-10-8-13(11-17)16-12-6-4-3-5-7-12/h3-7,13,16H,2,8-11H2,1H3,(H,15,18). The van der Waals surface area contributed by atoms with Gasteiger partial charge in [0.15, 0.2) is 0 Å². The molecule has 1 aromatic rings. The van der Waals surface area contributed by atoms with E-state index in [-0.39, 0.29) is 6.03 Å². The summed E-state index contributed by atoms with van der Waals surface area (Å²) in [7, 11) is 0. The van der Waals surface area contributed by atoms with Gasteiger partial charge in [0.25, 0.3) is 0 Å². The van der Waals surface area contributed by atoms with E-state index >= 15 is 0 Å². The number of carbonyl (C=O) groups is 1. The Labute approximate surface area is 108 Å². The first-order valence-corrected chi connectivity index (χ1v) is 6.64. The van der Waals surface area contributed by atoms with Crippen LogP contribution in [-0.4, -0.2) is 36.6 Å². The molecule has 2 N–H and O–H groups in total. The number of benzene rings is 1. The molecule has 4 nitrogen and oxygen atoms in total. The minimum Gasteiger partial charge on any atom is -0.380 e. The van der Waals surface area contributed by atoms with Gasteiger partial charge in [0.05, 0.1) is 0 Å². The average Bonchev–Trinajstić information content (AvgIpc) is 2.86. The number of rotatable bonds is 4. The Morgan fingerprint density at radius 3 is 2.89 bits per heavy atom.